The van der Waals surface area contributed by atoms with Crippen LogP contribution in [0.4, 0.5) is 0 Å². The van der Waals surface area contributed by atoms with Crippen LogP contribution >= 0.6 is 0 Å². The Bertz CT molecular complexity index is 1080. The molecule has 0 saturated carbocycles. The molecule has 1 fully saturated rings. The number of likely N-dealkylation sites (tertiary alicyclic amines) is 1. The molecule has 3 aromatic rings. The number of piperidine rings is 1. The van der Waals surface area contributed by atoms with Crippen molar-refractivity contribution in [3.8, 4) is 0 Å². The van der Waals surface area contributed by atoms with Crippen LogP contribution in [-0.4, -0.2) is 40.8 Å². The summed E-state index contributed by atoms with van der Waals surface area (Å²) in [5, 5.41) is 4.24. The van der Waals surface area contributed by atoms with Gasteiger partial charge in [-0.25, -0.2) is 0 Å². The zero-order valence-electron chi connectivity index (χ0n) is 18.6. The van der Waals surface area contributed by atoms with Gasteiger partial charge in [0, 0.05) is 30.0 Å². The molecule has 0 radical (unpaired) electrons. The fourth-order valence-corrected chi connectivity index (χ4v) is 4.69. The molecule has 1 atom stereocenters. The van der Waals surface area contributed by atoms with Crippen molar-refractivity contribution >= 4 is 22.7 Å². The minimum absolute atomic E-state index is 0.0752. The molecular weight excluding hydrogens is 386 g/mol. The summed E-state index contributed by atoms with van der Waals surface area (Å²) in [5.74, 6) is 0.0269. The van der Waals surface area contributed by atoms with Crippen molar-refractivity contribution in [2.45, 2.75) is 52.0 Å². The van der Waals surface area contributed by atoms with Crippen LogP contribution in [0.25, 0.3) is 10.9 Å². The third-order valence-electron chi connectivity index (χ3n) is 6.38. The van der Waals surface area contributed by atoms with E-state index in [-0.39, 0.29) is 23.8 Å². The number of rotatable bonds is 5. The number of hydrogen-bond donors (Lipinski definition) is 2. The molecule has 2 amide bonds. The van der Waals surface area contributed by atoms with E-state index in [9.17, 15) is 9.59 Å². The van der Waals surface area contributed by atoms with Gasteiger partial charge in [-0.1, -0.05) is 43.3 Å². The van der Waals surface area contributed by atoms with E-state index in [4.69, 9.17) is 0 Å². The number of hydrogen-bond acceptors (Lipinski definition) is 2. The largest absolute Gasteiger partial charge is 0.351 e. The van der Waals surface area contributed by atoms with Crippen LogP contribution in [0, 0.1) is 13.8 Å². The first kappa shape index (κ1) is 21.2. The molecule has 1 aromatic heterocycles. The molecule has 2 N–H and O–H groups in total. The van der Waals surface area contributed by atoms with E-state index >= 15 is 0 Å². The van der Waals surface area contributed by atoms with Crippen molar-refractivity contribution in [2.24, 2.45) is 0 Å². The number of H-pyrrole nitrogens is 1. The van der Waals surface area contributed by atoms with E-state index in [1.807, 2.05) is 41.3 Å². The van der Waals surface area contributed by atoms with Gasteiger partial charge in [0.15, 0.2) is 0 Å². The van der Waals surface area contributed by atoms with Crippen molar-refractivity contribution in [2.75, 3.05) is 13.1 Å². The molecule has 4 rings (SSSR count). The number of aromatic amines is 1. The quantitative estimate of drug-likeness (QED) is 0.632. The molecule has 1 saturated heterocycles. The second kappa shape index (κ2) is 8.96. The SMILES string of the molecule is CCC(C(=O)N1CCC(NC(=O)c2cc3c(C)cc(C)cc3[nH]2)CC1)c1ccccc1. The minimum Gasteiger partial charge on any atom is -0.351 e. The molecule has 1 aliphatic heterocycles. The van der Waals surface area contributed by atoms with Gasteiger partial charge in [0.1, 0.15) is 5.69 Å². The van der Waals surface area contributed by atoms with Crippen LogP contribution in [0.5, 0.6) is 0 Å². The highest BCUT2D eigenvalue weighted by Crippen LogP contribution is 2.25. The number of aromatic nitrogens is 1. The molecule has 162 valence electrons. The molecule has 0 bridgehead atoms. The second-order valence-electron chi connectivity index (χ2n) is 8.67. The van der Waals surface area contributed by atoms with Crippen molar-refractivity contribution in [3.05, 3.63) is 70.9 Å². The van der Waals surface area contributed by atoms with Crippen LogP contribution in [0.1, 0.15) is 59.3 Å². The van der Waals surface area contributed by atoms with Crippen LogP contribution in [0.3, 0.4) is 0 Å². The average molecular weight is 418 g/mol. The normalized spacial score (nSPS) is 15.8. The molecule has 5 nitrogen and oxygen atoms in total. The van der Waals surface area contributed by atoms with Crippen LogP contribution in [0.2, 0.25) is 0 Å². The van der Waals surface area contributed by atoms with E-state index < -0.39 is 0 Å². The van der Waals surface area contributed by atoms with Gasteiger partial charge in [-0.3, -0.25) is 9.59 Å². The first-order valence-corrected chi connectivity index (χ1v) is 11.2. The maximum absolute atomic E-state index is 13.1. The molecule has 0 spiro atoms. The summed E-state index contributed by atoms with van der Waals surface area (Å²) in [4.78, 5) is 31.1. The molecule has 1 aliphatic rings. The Morgan fingerprint density at radius 1 is 1.10 bits per heavy atom. The number of carbonyl (C=O) groups excluding carboxylic acids is 2. The van der Waals surface area contributed by atoms with Crippen molar-refractivity contribution in [3.63, 3.8) is 0 Å². The Labute approximate surface area is 183 Å². The zero-order valence-corrected chi connectivity index (χ0v) is 18.6. The van der Waals surface area contributed by atoms with Gasteiger partial charge < -0.3 is 15.2 Å². The Hall–Kier alpha value is -3.08. The monoisotopic (exact) mass is 417 g/mol. The average Bonchev–Trinajstić information content (AvgIpc) is 3.20. The predicted octanol–water partition coefficient (Wildman–Crippen LogP) is 4.70. The summed E-state index contributed by atoms with van der Waals surface area (Å²) < 4.78 is 0. The van der Waals surface area contributed by atoms with Crippen molar-refractivity contribution in [1.29, 1.82) is 0 Å². The summed E-state index contributed by atoms with van der Waals surface area (Å²) in [6.07, 6.45) is 2.35. The molecule has 5 heteroatoms. The van der Waals surface area contributed by atoms with E-state index in [2.05, 4.69) is 43.2 Å². The van der Waals surface area contributed by atoms with Gasteiger partial charge in [-0.2, -0.15) is 0 Å². The molecule has 1 unspecified atom stereocenters. The van der Waals surface area contributed by atoms with E-state index in [1.165, 1.54) is 11.1 Å². The summed E-state index contributed by atoms with van der Waals surface area (Å²) in [6.45, 7) is 7.54. The number of nitrogens with zero attached hydrogens (tertiary/aromatic N) is 1. The maximum Gasteiger partial charge on any atom is 0.267 e. The van der Waals surface area contributed by atoms with Gasteiger partial charge in [-0.15, -0.1) is 0 Å². The van der Waals surface area contributed by atoms with Crippen molar-refractivity contribution in [1.82, 2.24) is 15.2 Å². The summed E-state index contributed by atoms with van der Waals surface area (Å²) >= 11 is 0. The van der Waals surface area contributed by atoms with Gasteiger partial charge in [0.05, 0.1) is 5.92 Å². The van der Waals surface area contributed by atoms with Gasteiger partial charge >= 0.3 is 0 Å². The minimum atomic E-state index is -0.0922. The van der Waals surface area contributed by atoms with Crippen LogP contribution in [0.15, 0.2) is 48.5 Å². The molecule has 2 heterocycles. The standard InChI is InChI=1S/C26H31N3O2/c1-4-21(19-8-6-5-7-9-19)26(31)29-12-10-20(11-13-29)27-25(30)24-16-22-18(3)14-17(2)15-23(22)28-24/h5-9,14-16,20-21,28H,4,10-13H2,1-3H3,(H,27,30). The number of fused-ring (bicyclic) bond motifs is 1. The Morgan fingerprint density at radius 3 is 2.48 bits per heavy atom. The van der Waals surface area contributed by atoms with E-state index in [0.29, 0.717) is 18.8 Å². The van der Waals surface area contributed by atoms with Gasteiger partial charge in [0.2, 0.25) is 5.91 Å². The first-order chi connectivity index (χ1) is 15.0. The lowest BCUT2D eigenvalue weighted by molar-refractivity contribution is -0.134. The highest BCUT2D eigenvalue weighted by atomic mass is 16.2. The second-order valence-corrected chi connectivity index (χ2v) is 8.67. The summed E-state index contributed by atoms with van der Waals surface area (Å²) in [6, 6.07) is 16.2. The maximum atomic E-state index is 13.1. The lowest BCUT2D eigenvalue weighted by Crippen LogP contribution is -2.47. The lowest BCUT2D eigenvalue weighted by atomic mass is 9.93. The fraction of sp³-hybridized carbons (Fsp3) is 0.385. The third-order valence-corrected chi connectivity index (χ3v) is 6.38. The molecule has 31 heavy (non-hydrogen) atoms. The van der Waals surface area contributed by atoms with Crippen LogP contribution in [-0.2, 0) is 4.79 Å². The molecule has 2 aromatic carbocycles. The van der Waals surface area contributed by atoms with Crippen molar-refractivity contribution < 1.29 is 9.59 Å². The zero-order chi connectivity index (χ0) is 22.0. The summed E-state index contributed by atoms with van der Waals surface area (Å²) in [7, 11) is 0. The third kappa shape index (κ3) is 4.50. The Kier molecular flexibility index (Phi) is 6.12. The lowest BCUT2D eigenvalue weighted by Gasteiger charge is -2.34. The number of nitrogens with one attached hydrogen (secondary N) is 2. The molecule has 0 aliphatic carbocycles. The van der Waals surface area contributed by atoms with E-state index in [0.717, 1.165) is 35.7 Å². The topological polar surface area (TPSA) is 65.2 Å². The highest BCUT2D eigenvalue weighted by molar-refractivity contribution is 5.99. The summed E-state index contributed by atoms with van der Waals surface area (Å²) in [5.41, 5.74) is 5.01. The Morgan fingerprint density at radius 2 is 1.81 bits per heavy atom. The van der Waals surface area contributed by atoms with E-state index in [1.54, 1.807) is 0 Å². The first-order valence-electron chi connectivity index (χ1n) is 11.2. The van der Waals surface area contributed by atoms with Crippen LogP contribution < -0.4 is 5.32 Å². The fourth-order valence-electron chi connectivity index (χ4n) is 4.69. The number of carbonyl (C=O) groups is 2. The number of benzene rings is 2. The molecular formula is C26H31N3O2. The van der Waals surface area contributed by atoms with Gasteiger partial charge in [0.25, 0.3) is 5.91 Å². The highest BCUT2D eigenvalue weighted by Gasteiger charge is 2.29. The predicted molar refractivity (Wildman–Crippen MR) is 124 cm³/mol. The smallest absolute Gasteiger partial charge is 0.267 e. The Balaban J connectivity index is 1.36. The number of aryl methyl sites for hydroxylation is 2. The number of amides is 2. The van der Waals surface area contributed by atoms with Gasteiger partial charge in [-0.05, 0) is 61.9 Å².